The Labute approximate surface area is 184 Å². The lowest BCUT2D eigenvalue weighted by Crippen LogP contribution is -1.99. The number of aliphatic carboxylic acids is 2. The molecule has 4 atom stereocenters. The summed E-state index contributed by atoms with van der Waals surface area (Å²) >= 11 is 0. The Morgan fingerprint density at radius 1 is 0.750 bits per heavy atom. The summed E-state index contributed by atoms with van der Waals surface area (Å²) < 4.78 is 3.64. The van der Waals surface area contributed by atoms with Crippen molar-refractivity contribution in [2.45, 2.75) is 24.7 Å². The molecule has 8 heteroatoms. The van der Waals surface area contributed by atoms with E-state index in [1.54, 1.807) is 0 Å². The van der Waals surface area contributed by atoms with Crippen LogP contribution >= 0.6 is 0 Å². The molecule has 8 nitrogen and oxygen atoms in total. The Balaban J connectivity index is 0.000000135. The quantitative estimate of drug-likeness (QED) is 0.511. The fourth-order valence-corrected chi connectivity index (χ4v) is 4.57. The molecule has 2 aliphatic carbocycles. The van der Waals surface area contributed by atoms with E-state index < -0.39 is 11.9 Å². The monoisotopic (exact) mass is 432 g/mol. The number of nitrogens with zero attached hydrogens (tertiary/aromatic N) is 4. The SMILES string of the molecule is Cn1nc([C@@H]2C[C@H]2C(=O)O)c2ccccc21.Cn1nc([C@H]2C[C@@H]2C(=O)O)c2ccccc21. The van der Waals surface area contributed by atoms with Crippen molar-refractivity contribution < 1.29 is 19.8 Å². The molecule has 2 saturated carbocycles. The van der Waals surface area contributed by atoms with E-state index in [0.717, 1.165) is 46.0 Å². The lowest BCUT2D eigenvalue weighted by Gasteiger charge is -1.92. The maximum atomic E-state index is 10.9. The minimum atomic E-state index is -0.709. The van der Waals surface area contributed by atoms with E-state index in [-0.39, 0.29) is 23.7 Å². The molecule has 164 valence electrons. The van der Waals surface area contributed by atoms with Gasteiger partial charge in [-0.3, -0.25) is 19.0 Å². The van der Waals surface area contributed by atoms with E-state index in [9.17, 15) is 9.59 Å². The summed E-state index contributed by atoms with van der Waals surface area (Å²) in [5.74, 6) is -1.69. The van der Waals surface area contributed by atoms with E-state index in [1.807, 2.05) is 72.0 Å². The number of aromatic nitrogens is 4. The van der Waals surface area contributed by atoms with Gasteiger partial charge in [-0.2, -0.15) is 10.2 Å². The Kier molecular flexibility index (Phi) is 4.73. The van der Waals surface area contributed by atoms with Gasteiger partial charge in [0.05, 0.1) is 34.3 Å². The Hall–Kier alpha value is -3.68. The highest BCUT2D eigenvalue weighted by atomic mass is 16.4. The number of rotatable bonds is 4. The number of benzene rings is 2. The van der Waals surface area contributed by atoms with Gasteiger partial charge < -0.3 is 10.2 Å². The zero-order valence-corrected chi connectivity index (χ0v) is 17.8. The smallest absolute Gasteiger partial charge is 0.307 e. The molecule has 32 heavy (non-hydrogen) atoms. The van der Waals surface area contributed by atoms with Crippen LogP contribution in [0.3, 0.4) is 0 Å². The number of hydrogen-bond donors (Lipinski definition) is 2. The van der Waals surface area contributed by atoms with Crippen molar-refractivity contribution in [3.63, 3.8) is 0 Å². The van der Waals surface area contributed by atoms with Crippen LogP contribution in [0, 0.1) is 11.8 Å². The largest absolute Gasteiger partial charge is 0.481 e. The van der Waals surface area contributed by atoms with E-state index in [1.165, 1.54) is 0 Å². The molecule has 2 aliphatic rings. The highest BCUT2D eigenvalue weighted by molar-refractivity contribution is 5.86. The van der Waals surface area contributed by atoms with Gasteiger partial charge >= 0.3 is 11.9 Å². The van der Waals surface area contributed by atoms with E-state index >= 15 is 0 Å². The highest BCUT2D eigenvalue weighted by Gasteiger charge is 2.47. The molecule has 2 N–H and O–H groups in total. The van der Waals surface area contributed by atoms with Gasteiger partial charge in [0.1, 0.15) is 0 Å². The third-order valence-corrected chi connectivity index (χ3v) is 6.49. The van der Waals surface area contributed by atoms with Gasteiger partial charge in [0, 0.05) is 36.7 Å². The summed E-state index contributed by atoms with van der Waals surface area (Å²) in [6, 6.07) is 15.9. The molecule has 0 radical (unpaired) electrons. The number of aryl methyl sites for hydroxylation is 2. The molecule has 2 aromatic heterocycles. The van der Waals surface area contributed by atoms with Crippen LogP contribution in [0.1, 0.15) is 36.1 Å². The summed E-state index contributed by atoms with van der Waals surface area (Å²) in [7, 11) is 3.79. The maximum absolute atomic E-state index is 10.9. The second-order valence-corrected chi connectivity index (χ2v) is 8.63. The van der Waals surface area contributed by atoms with Crippen molar-refractivity contribution in [2.75, 3.05) is 0 Å². The first kappa shape index (κ1) is 20.2. The number of carboxylic acids is 2. The maximum Gasteiger partial charge on any atom is 0.307 e. The molecule has 0 amide bonds. The van der Waals surface area contributed by atoms with Gasteiger partial charge in [-0.05, 0) is 25.0 Å². The van der Waals surface area contributed by atoms with Gasteiger partial charge in [-0.25, -0.2) is 0 Å². The van der Waals surface area contributed by atoms with Crippen molar-refractivity contribution in [2.24, 2.45) is 25.9 Å². The molecule has 0 saturated heterocycles. The van der Waals surface area contributed by atoms with Gasteiger partial charge in [0.2, 0.25) is 0 Å². The topological polar surface area (TPSA) is 110 Å². The Bertz CT molecular complexity index is 1250. The van der Waals surface area contributed by atoms with Crippen LogP contribution in [0.4, 0.5) is 0 Å². The van der Waals surface area contributed by atoms with E-state index in [0.29, 0.717) is 0 Å². The standard InChI is InChI=1S/2C12H12N2O2/c2*1-14-10-5-3-2-4-7(10)11(13-14)8-6-9(8)12(15)16/h2*2-5,8-9H,6H2,1H3,(H,15,16)/t2*8-,9-/m10/s1. The van der Waals surface area contributed by atoms with E-state index in [4.69, 9.17) is 10.2 Å². The second kappa shape index (κ2) is 7.47. The van der Waals surface area contributed by atoms with Crippen LogP contribution in [-0.4, -0.2) is 41.7 Å². The van der Waals surface area contributed by atoms with Crippen LogP contribution in [0.5, 0.6) is 0 Å². The summed E-state index contributed by atoms with van der Waals surface area (Å²) in [6.45, 7) is 0. The van der Waals surface area contributed by atoms with Gasteiger partial charge in [-0.1, -0.05) is 36.4 Å². The fourth-order valence-electron chi connectivity index (χ4n) is 4.57. The summed E-state index contributed by atoms with van der Waals surface area (Å²) in [4.78, 5) is 21.7. The first-order valence-electron chi connectivity index (χ1n) is 10.7. The van der Waals surface area contributed by atoms with Crippen LogP contribution in [0.25, 0.3) is 21.8 Å². The molecular weight excluding hydrogens is 408 g/mol. The van der Waals surface area contributed by atoms with Crippen LogP contribution in [0.2, 0.25) is 0 Å². The number of carbonyl (C=O) groups is 2. The normalized spacial score (nSPS) is 23.6. The predicted molar refractivity (Wildman–Crippen MR) is 118 cm³/mol. The predicted octanol–water partition coefficient (Wildman–Crippen LogP) is 3.52. The minimum absolute atomic E-state index is 0.101. The van der Waals surface area contributed by atoms with Gasteiger partial charge in [-0.15, -0.1) is 0 Å². The third-order valence-electron chi connectivity index (χ3n) is 6.49. The van der Waals surface area contributed by atoms with Crippen molar-refractivity contribution in [3.05, 3.63) is 59.9 Å². The lowest BCUT2D eigenvalue weighted by molar-refractivity contribution is -0.139. The zero-order chi connectivity index (χ0) is 22.6. The number of fused-ring (bicyclic) bond motifs is 2. The summed E-state index contributed by atoms with van der Waals surface area (Å²) in [5.41, 5.74) is 4.00. The lowest BCUT2D eigenvalue weighted by atomic mass is 10.1. The Morgan fingerprint density at radius 2 is 1.12 bits per heavy atom. The molecule has 0 unspecified atom stereocenters. The molecule has 0 bridgehead atoms. The van der Waals surface area contributed by atoms with Crippen LogP contribution < -0.4 is 0 Å². The van der Waals surface area contributed by atoms with Crippen molar-refractivity contribution in [1.29, 1.82) is 0 Å². The first-order chi connectivity index (χ1) is 15.4. The zero-order valence-electron chi connectivity index (χ0n) is 17.8. The summed E-state index contributed by atoms with van der Waals surface area (Å²) in [6.07, 6.45) is 1.44. The van der Waals surface area contributed by atoms with Crippen LogP contribution in [-0.2, 0) is 23.7 Å². The molecule has 2 heterocycles. The van der Waals surface area contributed by atoms with Crippen molar-refractivity contribution in [1.82, 2.24) is 19.6 Å². The summed E-state index contributed by atoms with van der Waals surface area (Å²) in [5, 5.41) is 28.9. The molecule has 6 rings (SSSR count). The second-order valence-electron chi connectivity index (χ2n) is 8.63. The van der Waals surface area contributed by atoms with Gasteiger partial charge in [0.25, 0.3) is 0 Å². The molecule has 0 aliphatic heterocycles. The highest BCUT2D eigenvalue weighted by Crippen LogP contribution is 2.49. The van der Waals surface area contributed by atoms with Gasteiger partial charge in [0.15, 0.2) is 0 Å². The van der Waals surface area contributed by atoms with Crippen molar-refractivity contribution in [3.8, 4) is 0 Å². The molecule has 2 fully saturated rings. The fraction of sp³-hybridized carbons (Fsp3) is 0.333. The number of para-hydroxylation sites is 2. The van der Waals surface area contributed by atoms with Crippen molar-refractivity contribution >= 4 is 33.7 Å². The molecule has 4 aromatic rings. The molecule has 0 spiro atoms. The molecular formula is C24H24N4O4. The Morgan fingerprint density at radius 3 is 1.47 bits per heavy atom. The first-order valence-corrected chi connectivity index (χ1v) is 10.7. The third kappa shape index (κ3) is 3.41. The average Bonchev–Trinajstić information content (AvgIpc) is 3.69. The molecule has 2 aromatic carbocycles. The van der Waals surface area contributed by atoms with Crippen LogP contribution in [0.15, 0.2) is 48.5 Å². The van der Waals surface area contributed by atoms with E-state index in [2.05, 4.69) is 10.2 Å². The number of carboxylic acid groups (broad SMARTS) is 2. The average molecular weight is 432 g/mol. The minimum Gasteiger partial charge on any atom is -0.481 e. The number of hydrogen-bond acceptors (Lipinski definition) is 4.